The average molecular weight is 327 g/mol. The van der Waals surface area contributed by atoms with Crippen molar-refractivity contribution in [3.05, 3.63) is 18.2 Å². The summed E-state index contributed by atoms with van der Waals surface area (Å²) in [5, 5.41) is 3.15. The molecule has 2 rings (SSSR count). The minimum absolute atomic E-state index is 0.0183. The van der Waals surface area contributed by atoms with E-state index in [-0.39, 0.29) is 5.91 Å². The SMILES string of the molecule is CCCCC(=O)Nc1ccc2nc(NS(C)(=O)=O)sc2c1. The first-order valence-electron chi connectivity index (χ1n) is 6.55. The molecule has 0 bridgehead atoms. The number of fused-ring (bicyclic) bond motifs is 1. The van der Waals surface area contributed by atoms with E-state index >= 15 is 0 Å². The Bertz CT molecular complexity index is 753. The van der Waals surface area contributed by atoms with Crippen LogP contribution in [0.4, 0.5) is 10.8 Å². The zero-order valence-corrected chi connectivity index (χ0v) is 13.5. The summed E-state index contributed by atoms with van der Waals surface area (Å²) >= 11 is 1.23. The Hall–Kier alpha value is -1.67. The van der Waals surface area contributed by atoms with Crippen molar-refractivity contribution < 1.29 is 13.2 Å². The lowest BCUT2D eigenvalue weighted by atomic mass is 10.2. The number of aromatic nitrogens is 1. The minimum Gasteiger partial charge on any atom is -0.326 e. The molecule has 0 atom stereocenters. The van der Waals surface area contributed by atoms with Crippen LogP contribution in [0.1, 0.15) is 26.2 Å². The van der Waals surface area contributed by atoms with Crippen LogP contribution in [0.2, 0.25) is 0 Å². The molecule has 0 saturated carbocycles. The highest BCUT2D eigenvalue weighted by atomic mass is 32.2. The van der Waals surface area contributed by atoms with E-state index in [1.165, 1.54) is 11.3 Å². The predicted molar refractivity (Wildman–Crippen MR) is 86.2 cm³/mol. The van der Waals surface area contributed by atoms with Crippen LogP contribution in [-0.4, -0.2) is 25.6 Å². The van der Waals surface area contributed by atoms with Gasteiger partial charge in [0.1, 0.15) is 0 Å². The van der Waals surface area contributed by atoms with Gasteiger partial charge in [-0.05, 0) is 24.6 Å². The lowest BCUT2D eigenvalue weighted by Crippen LogP contribution is -2.10. The molecule has 1 aromatic carbocycles. The fraction of sp³-hybridized carbons (Fsp3) is 0.385. The quantitative estimate of drug-likeness (QED) is 0.854. The molecule has 6 nitrogen and oxygen atoms in total. The second kappa shape index (κ2) is 6.40. The van der Waals surface area contributed by atoms with Crippen molar-refractivity contribution in [2.75, 3.05) is 16.3 Å². The first kappa shape index (κ1) is 15.7. The van der Waals surface area contributed by atoms with Crippen LogP contribution in [0.3, 0.4) is 0 Å². The Labute approximate surface area is 127 Å². The summed E-state index contributed by atoms with van der Waals surface area (Å²) in [6.07, 6.45) is 3.41. The molecule has 1 amide bonds. The van der Waals surface area contributed by atoms with Gasteiger partial charge in [-0.3, -0.25) is 9.52 Å². The molecule has 114 valence electrons. The molecule has 1 aromatic heterocycles. The molecule has 0 fully saturated rings. The van der Waals surface area contributed by atoms with E-state index in [4.69, 9.17) is 0 Å². The van der Waals surface area contributed by atoms with E-state index in [2.05, 4.69) is 15.0 Å². The summed E-state index contributed by atoms with van der Waals surface area (Å²) in [4.78, 5) is 15.9. The molecule has 0 radical (unpaired) electrons. The maximum absolute atomic E-state index is 11.7. The predicted octanol–water partition coefficient (Wildman–Crippen LogP) is 2.80. The number of hydrogen-bond acceptors (Lipinski definition) is 5. The third-order valence-electron chi connectivity index (χ3n) is 2.70. The van der Waals surface area contributed by atoms with Gasteiger partial charge in [0.25, 0.3) is 0 Å². The maximum atomic E-state index is 11.7. The number of nitrogens with one attached hydrogen (secondary N) is 2. The van der Waals surface area contributed by atoms with E-state index in [1.54, 1.807) is 18.2 Å². The zero-order chi connectivity index (χ0) is 15.5. The highest BCUT2D eigenvalue weighted by molar-refractivity contribution is 7.92. The third-order valence-corrected chi connectivity index (χ3v) is 4.33. The monoisotopic (exact) mass is 327 g/mol. The van der Waals surface area contributed by atoms with E-state index in [0.717, 1.165) is 23.8 Å². The van der Waals surface area contributed by atoms with Gasteiger partial charge in [0.15, 0.2) is 5.13 Å². The van der Waals surface area contributed by atoms with Gasteiger partial charge in [-0.1, -0.05) is 24.7 Å². The van der Waals surface area contributed by atoms with Gasteiger partial charge < -0.3 is 5.32 Å². The Morgan fingerprint density at radius 3 is 2.81 bits per heavy atom. The number of sulfonamides is 1. The largest absolute Gasteiger partial charge is 0.326 e. The Kier molecular flexibility index (Phi) is 4.79. The van der Waals surface area contributed by atoms with Gasteiger partial charge in [-0.2, -0.15) is 0 Å². The molecule has 0 aliphatic heterocycles. The number of benzene rings is 1. The van der Waals surface area contributed by atoms with Crippen molar-refractivity contribution in [3.8, 4) is 0 Å². The maximum Gasteiger partial charge on any atom is 0.231 e. The number of rotatable bonds is 6. The highest BCUT2D eigenvalue weighted by Crippen LogP contribution is 2.28. The lowest BCUT2D eigenvalue weighted by molar-refractivity contribution is -0.116. The molecular weight excluding hydrogens is 310 g/mol. The van der Waals surface area contributed by atoms with Crippen molar-refractivity contribution in [2.24, 2.45) is 0 Å². The molecule has 1 heterocycles. The summed E-state index contributed by atoms with van der Waals surface area (Å²) < 4.78 is 25.5. The van der Waals surface area contributed by atoms with Gasteiger partial charge in [-0.25, -0.2) is 13.4 Å². The third kappa shape index (κ3) is 4.68. The van der Waals surface area contributed by atoms with Gasteiger partial charge in [-0.15, -0.1) is 0 Å². The molecule has 0 spiro atoms. The van der Waals surface area contributed by atoms with Gasteiger partial charge in [0.05, 0.1) is 16.5 Å². The van der Waals surface area contributed by atoms with E-state index in [9.17, 15) is 13.2 Å². The second-order valence-corrected chi connectivity index (χ2v) is 7.51. The van der Waals surface area contributed by atoms with Crippen molar-refractivity contribution >= 4 is 48.3 Å². The van der Waals surface area contributed by atoms with E-state index in [1.807, 2.05) is 6.92 Å². The summed E-state index contributed by atoms with van der Waals surface area (Å²) in [7, 11) is -3.34. The number of carbonyl (C=O) groups excluding carboxylic acids is 1. The number of amides is 1. The number of anilines is 2. The second-order valence-electron chi connectivity index (χ2n) is 4.73. The van der Waals surface area contributed by atoms with Crippen LogP contribution in [0.5, 0.6) is 0 Å². The number of unbranched alkanes of at least 4 members (excludes halogenated alkanes) is 1. The molecule has 21 heavy (non-hydrogen) atoms. The van der Waals surface area contributed by atoms with Gasteiger partial charge >= 0.3 is 0 Å². The van der Waals surface area contributed by atoms with Gasteiger partial charge in [0.2, 0.25) is 15.9 Å². The average Bonchev–Trinajstić information content (AvgIpc) is 2.75. The first-order chi connectivity index (χ1) is 9.87. The molecule has 8 heteroatoms. The normalized spacial score (nSPS) is 11.5. The van der Waals surface area contributed by atoms with Crippen LogP contribution in [0.15, 0.2) is 18.2 Å². The molecule has 2 N–H and O–H groups in total. The van der Waals surface area contributed by atoms with Crippen LogP contribution in [0.25, 0.3) is 10.2 Å². The summed E-state index contributed by atoms with van der Waals surface area (Å²) in [6, 6.07) is 5.31. The molecule has 0 saturated heterocycles. The van der Waals surface area contributed by atoms with Crippen molar-refractivity contribution in [2.45, 2.75) is 26.2 Å². The van der Waals surface area contributed by atoms with Crippen LogP contribution < -0.4 is 10.0 Å². The standard InChI is InChI=1S/C13H17N3O3S2/c1-3-4-5-12(17)14-9-6-7-10-11(8-9)20-13(15-10)16-21(2,18)19/h6-8H,3-5H2,1-2H3,(H,14,17)(H,15,16). The number of nitrogens with zero attached hydrogens (tertiary/aromatic N) is 1. The summed E-state index contributed by atoms with van der Waals surface area (Å²) in [6.45, 7) is 2.03. The molecule has 2 aromatic rings. The van der Waals surface area contributed by atoms with E-state index in [0.29, 0.717) is 22.8 Å². The Morgan fingerprint density at radius 1 is 1.38 bits per heavy atom. The van der Waals surface area contributed by atoms with Crippen LogP contribution >= 0.6 is 11.3 Å². The topological polar surface area (TPSA) is 88.2 Å². The molecule has 0 aliphatic carbocycles. The molecule has 0 aliphatic rings. The fourth-order valence-electron chi connectivity index (χ4n) is 1.77. The Morgan fingerprint density at radius 2 is 2.14 bits per heavy atom. The fourth-order valence-corrected chi connectivity index (χ4v) is 3.51. The Balaban J connectivity index is 2.16. The minimum atomic E-state index is -3.34. The summed E-state index contributed by atoms with van der Waals surface area (Å²) in [5.41, 5.74) is 1.39. The van der Waals surface area contributed by atoms with Crippen LogP contribution in [0, 0.1) is 0 Å². The van der Waals surface area contributed by atoms with Gasteiger partial charge in [0, 0.05) is 12.1 Å². The number of carbonyl (C=O) groups is 1. The summed E-state index contributed by atoms with van der Waals surface area (Å²) in [5.74, 6) is -0.0183. The molecular formula is C13H17N3O3S2. The zero-order valence-electron chi connectivity index (χ0n) is 11.8. The van der Waals surface area contributed by atoms with Crippen molar-refractivity contribution in [3.63, 3.8) is 0 Å². The number of thiazole rings is 1. The smallest absolute Gasteiger partial charge is 0.231 e. The van der Waals surface area contributed by atoms with E-state index < -0.39 is 10.0 Å². The number of hydrogen-bond donors (Lipinski definition) is 2. The first-order valence-corrected chi connectivity index (χ1v) is 9.26. The lowest BCUT2D eigenvalue weighted by Gasteiger charge is -2.04. The van der Waals surface area contributed by atoms with Crippen LogP contribution in [-0.2, 0) is 14.8 Å². The van der Waals surface area contributed by atoms with Crippen molar-refractivity contribution in [1.29, 1.82) is 0 Å². The highest BCUT2D eigenvalue weighted by Gasteiger charge is 2.09. The van der Waals surface area contributed by atoms with Crippen molar-refractivity contribution in [1.82, 2.24) is 4.98 Å². The molecule has 0 unspecified atom stereocenters.